The molecule has 4 amide bonds. The third kappa shape index (κ3) is 5.50. The number of urea groups is 1. The summed E-state index contributed by atoms with van der Waals surface area (Å²) in [5.41, 5.74) is 0.924. The molecule has 0 radical (unpaired) electrons. The zero-order valence-electron chi connectivity index (χ0n) is 18.9. The molecule has 0 aromatic heterocycles. The lowest BCUT2D eigenvalue weighted by atomic mass is 10.1. The maximum absolute atomic E-state index is 13.5. The largest absolute Gasteiger partial charge is 0.490 e. The van der Waals surface area contributed by atoms with E-state index in [4.69, 9.17) is 32.7 Å². The molecule has 1 aliphatic heterocycles. The first-order chi connectivity index (χ1) is 17.3. The maximum atomic E-state index is 13.5. The summed E-state index contributed by atoms with van der Waals surface area (Å²) >= 11 is 12.3. The molecule has 3 aromatic rings. The standard InChI is InChI=1S/C26H19Cl2FN2O5/c1-2-35-22-13-16(12-21(28)23(22)36-14-15-4-3-5-18(29)10-15)11-20-24(32)30-26(34)31(25(20)33)19-8-6-17(27)7-9-19/h3-13H,2,14H2,1H3,(H,30,32,34)/b20-11+. The Morgan fingerprint density at radius 1 is 1.00 bits per heavy atom. The summed E-state index contributed by atoms with van der Waals surface area (Å²) < 4.78 is 24.9. The van der Waals surface area contributed by atoms with E-state index in [1.165, 1.54) is 48.5 Å². The minimum Gasteiger partial charge on any atom is -0.490 e. The van der Waals surface area contributed by atoms with E-state index in [2.05, 4.69) is 5.32 Å². The second-order valence-corrected chi connectivity index (χ2v) is 8.46. The minimum absolute atomic E-state index is 0.0387. The van der Waals surface area contributed by atoms with Gasteiger partial charge in [0.25, 0.3) is 11.8 Å². The summed E-state index contributed by atoms with van der Waals surface area (Å²) in [7, 11) is 0. The molecule has 1 N–H and O–H groups in total. The van der Waals surface area contributed by atoms with E-state index >= 15 is 0 Å². The Balaban J connectivity index is 1.65. The number of amides is 4. The summed E-state index contributed by atoms with van der Waals surface area (Å²) in [5.74, 6) is -1.57. The fourth-order valence-corrected chi connectivity index (χ4v) is 3.90. The molecular weight excluding hydrogens is 510 g/mol. The van der Waals surface area contributed by atoms with Crippen LogP contribution in [0, 0.1) is 5.82 Å². The van der Waals surface area contributed by atoms with Gasteiger partial charge in [-0.3, -0.25) is 14.9 Å². The summed E-state index contributed by atoms with van der Waals surface area (Å²) in [4.78, 5) is 38.8. The molecule has 1 fully saturated rings. The van der Waals surface area contributed by atoms with Crippen molar-refractivity contribution in [2.45, 2.75) is 13.5 Å². The number of halogens is 3. The topological polar surface area (TPSA) is 84.9 Å². The average molecular weight is 529 g/mol. The van der Waals surface area contributed by atoms with Crippen LogP contribution in [0.4, 0.5) is 14.9 Å². The molecule has 0 aliphatic carbocycles. The molecule has 36 heavy (non-hydrogen) atoms. The van der Waals surface area contributed by atoms with Gasteiger partial charge in [0.15, 0.2) is 11.5 Å². The Labute approximate surface area is 216 Å². The Morgan fingerprint density at radius 2 is 1.75 bits per heavy atom. The number of ether oxygens (including phenoxy) is 2. The van der Waals surface area contributed by atoms with Crippen molar-refractivity contribution in [2.24, 2.45) is 0 Å². The van der Waals surface area contributed by atoms with Crippen LogP contribution in [0.15, 0.2) is 66.2 Å². The van der Waals surface area contributed by atoms with Crippen molar-refractivity contribution in [1.82, 2.24) is 5.32 Å². The van der Waals surface area contributed by atoms with Crippen molar-refractivity contribution in [2.75, 3.05) is 11.5 Å². The first kappa shape index (κ1) is 25.2. The van der Waals surface area contributed by atoms with Crippen molar-refractivity contribution in [3.05, 3.63) is 93.2 Å². The quantitative estimate of drug-likeness (QED) is 0.310. The van der Waals surface area contributed by atoms with Gasteiger partial charge in [-0.1, -0.05) is 35.3 Å². The lowest BCUT2D eigenvalue weighted by Crippen LogP contribution is -2.54. The highest BCUT2D eigenvalue weighted by Gasteiger charge is 2.36. The first-order valence-electron chi connectivity index (χ1n) is 10.8. The van der Waals surface area contributed by atoms with Crippen molar-refractivity contribution >= 4 is 52.8 Å². The van der Waals surface area contributed by atoms with E-state index in [1.807, 2.05) is 0 Å². The maximum Gasteiger partial charge on any atom is 0.335 e. The number of barbiturate groups is 1. The van der Waals surface area contributed by atoms with E-state index in [1.54, 1.807) is 25.1 Å². The number of benzene rings is 3. The lowest BCUT2D eigenvalue weighted by molar-refractivity contribution is -0.122. The highest BCUT2D eigenvalue weighted by Crippen LogP contribution is 2.38. The molecule has 1 heterocycles. The highest BCUT2D eigenvalue weighted by atomic mass is 35.5. The molecule has 4 rings (SSSR count). The van der Waals surface area contributed by atoms with E-state index in [-0.39, 0.29) is 41.0 Å². The van der Waals surface area contributed by atoms with Gasteiger partial charge in [0.05, 0.1) is 17.3 Å². The lowest BCUT2D eigenvalue weighted by Gasteiger charge is -2.26. The van der Waals surface area contributed by atoms with Gasteiger partial charge in [0.2, 0.25) is 0 Å². The Kier molecular flexibility index (Phi) is 7.57. The van der Waals surface area contributed by atoms with Crippen LogP contribution in [0.2, 0.25) is 10.0 Å². The van der Waals surface area contributed by atoms with Crippen molar-refractivity contribution in [3.8, 4) is 11.5 Å². The van der Waals surface area contributed by atoms with Gasteiger partial charge < -0.3 is 9.47 Å². The van der Waals surface area contributed by atoms with Gasteiger partial charge >= 0.3 is 6.03 Å². The molecule has 1 aliphatic rings. The number of nitrogens with one attached hydrogen (secondary N) is 1. The Hall–Kier alpha value is -3.88. The molecule has 0 saturated carbocycles. The zero-order valence-corrected chi connectivity index (χ0v) is 20.4. The number of carbonyl (C=O) groups excluding carboxylic acids is 3. The van der Waals surface area contributed by atoms with Crippen LogP contribution in [0.3, 0.4) is 0 Å². The fraction of sp³-hybridized carbons (Fsp3) is 0.115. The number of hydrogen-bond acceptors (Lipinski definition) is 5. The SMILES string of the molecule is CCOc1cc(/C=C2\C(=O)NC(=O)N(c3ccc(Cl)cc3)C2=O)cc(Cl)c1OCc1cccc(F)c1. The van der Waals surface area contributed by atoms with Crippen molar-refractivity contribution in [3.63, 3.8) is 0 Å². The number of imide groups is 2. The molecular formula is C26H19Cl2FN2O5. The van der Waals surface area contributed by atoms with Gasteiger partial charge in [-0.15, -0.1) is 0 Å². The summed E-state index contributed by atoms with van der Waals surface area (Å²) in [6.07, 6.45) is 1.30. The van der Waals surface area contributed by atoms with E-state index < -0.39 is 23.7 Å². The third-order valence-corrected chi connectivity index (χ3v) is 5.63. The predicted molar refractivity (Wildman–Crippen MR) is 134 cm³/mol. The fourth-order valence-electron chi connectivity index (χ4n) is 3.51. The van der Waals surface area contributed by atoms with Crippen LogP contribution >= 0.6 is 23.2 Å². The molecule has 0 unspecified atom stereocenters. The summed E-state index contributed by atoms with van der Waals surface area (Å²) in [6, 6.07) is 14.1. The molecule has 0 atom stereocenters. The average Bonchev–Trinajstić information content (AvgIpc) is 2.82. The molecule has 7 nitrogen and oxygen atoms in total. The predicted octanol–water partition coefficient (Wildman–Crippen LogP) is 5.78. The zero-order chi connectivity index (χ0) is 25.8. The van der Waals surface area contributed by atoms with Gasteiger partial charge in [0.1, 0.15) is 18.0 Å². The normalized spacial score (nSPS) is 14.7. The molecule has 0 bridgehead atoms. The first-order valence-corrected chi connectivity index (χ1v) is 11.5. The van der Waals surface area contributed by atoms with E-state index in [0.29, 0.717) is 16.1 Å². The molecule has 10 heteroatoms. The van der Waals surface area contributed by atoms with Crippen LogP contribution in [-0.2, 0) is 16.2 Å². The van der Waals surface area contributed by atoms with Crippen molar-refractivity contribution in [1.29, 1.82) is 0 Å². The monoisotopic (exact) mass is 528 g/mol. The van der Waals surface area contributed by atoms with E-state index in [0.717, 1.165) is 4.90 Å². The van der Waals surface area contributed by atoms with Crippen LogP contribution < -0.4 is 19.7 Å². The number of hydrogen-bond donors (Lipinski definition) is 1. The van der Waals surface area contributed by atoms with Crippen molar-refractivity contribution < 1.29 is 28.2 Å². The molecule has 184 valence electrons. The smallest absolute Gasteiger partial charge is 0.335 e. The highest BCUT2D eigenvalue weighted by molar-refractivity contribution is 6.39. The van der Waals surface area contributed by atoms with E-state index in [9.17, 15) is 18.8 Å². The Morgan fingerprint density at radius 3 is 2.44 bits per heavy atom. The number of anilines is 1. The second kappa shape index (κ2) is 10.8. The van der Waals surface area contributed by atoms with Crippen LogP contribution in [0.5, 0.6) is 11.5 Å². The van der Waals surface area contributed by atoms with Crippen LogP contribution in [0.25, 0.3) is 6.08 Å². The van der Waals surface area contributed by atoms with Gasteiger partial charge in [0, 0.05) is 5.02 Å². The Bertz CT molecular complexity index is 1380. The minimum atomic E-state index is -0.876. The van der Waals surface area contributed by atoms with Gasteiger partial charge in [-0.05, 0) is 72.7 Å². The third-order valence-electron chi connectivity index (χ3n) is 5.10. The molecule has 1 saturated heterocycles. The van der Waals surface area contributed by atoms with Gasteiger partial charge in [-0.25, -0.2) is 14.1 Å². The number of rotatable bonds is 7. The van der Waals surface area contributed by atoms with Crippen LogP contribution in [-0.4, -0.2) is 24.5 Å². The summed E-state index contributed by atoms with van der Waals surface area (Å²) in [6.45, 7) is 2.09. The molecule has 0 spiro atoms. The second-order valence-electron chi connectivity index (χ2n) is 7.62. The number of carbonyl (C=O) groups is 3. The number of nitrogens with zero attached hydrogens (tertiary/aromatic N) is 1. The van der Waals surface area contributed by atoms with Gasteiger partial charge in [-0.2, -0.15) is 0 Å². The van der Waals surface area contributed by atoms with Crippen LogP contribution in [0.1, 0.15) is 18.1 Å². The molecule has 3 aromatic carbocycles. The summed E-state index contributed by atoms with van der Waals surface area (Å²) in [5, 5.41) is 2.73.